The van der Waals surface area contributed by atoms with Crippen LogP contribution >= 0.6 is 15.9 Å². The van der Waals surface area contributed by atoms with Crippen molar-refractivity contribution >= 4 is 15.9 Å². The van der Waals surface area contributed by atoms with Gasteiger partial charge in [0.1, 0.15) is 0 Å². The van der Waals surface area contributed by atoms with Gasteiger partial charge in [-0.15, -0.1) is 0 Å². The molecule has 4 rings (SSSR count). The summed E-state index contributed by atoms with van der Waals surface area (Å²) >= 11 is 3.50. The van der Waals surface area contributed by atoms with E-state index in [1.165, 1.54) is 18.4 Å². The molecule has 2 aromatic heterocycles. The van der Waals surface area contributed by atoms with E-state index in [1.54, 1.807) is 10.9 Å². The van der Waals surface area contributed by atoms with Crippen LogP contribution in [0.5, 0.6) is 0 Å². The van der Waals surface area contributed by atoms with Gasteiger partial charge in [-0.05, 0) is 43.4 Å². The average Bonchev–Trinajstić information content (AvgIpc) is 3.12. The predicted octanol–water partition coefficient (Wildman–Crippen LogP) is 3.95. The van der Waals surface area contributed by atoms with Crippen LogP contribution in [0.15, 0.2) is 45.7 Å². The molecule has 1 saturated carbocycles. The first-order valence-corrected chi connectivity index (χ1v) is 8.46. The van der Waals surface area contributed by atoms with Crippen LogP contribution in [0.3, 0.4) is 0 Å². The van der Waals surface area contributed by atoms with E-state index in [9.17, 15) is 0 Å². The molecular weight excluding hydrogens is 356 g/mol. The lowest BCUT2D eigenvalue weighted by atomic mass is 9.77. The maximum absolute atomic E-state index is 5.51. The maximum Gasteiger partial charge on any atom is 0.261 e. The summed E-state index contributed by atoms with van der Waals surface area (Å²) in [6.07, 6.45) is 6.02. The number of benzene rings is 1. The van der Waals surface area contributed by atoms with E-state index < -0.39 is 0 Å². The van der Waals surface area contributed by atoms with Crippen LogP contribution in [0.2, 0.25) is 0 Å². The Balaban J connectivity index is 1.76. The standard InChI is InChI=1S/C17H17BrN4O/c1-17(12-3-4-12,13-5-7-14(18)8-6-13)16-20-15(23-21-16)11-9-19-22(2)10-11/h5-10,12H,3-4H2,1-2H3. The van der Waals surface area contributed by atoms with Crippen LogP contribution in [0.4, 0.5) is 0 Å². The first kappa shape index (κ1) is 14.6. The number of nitrogens with zero attached hydrogens (tertiary/aromatic N) is 4. The zero-order chi connectivity index (χ0) is 16.0. The Bertz CT molecular complexity index is 834. The van der Waals surface area contributed by atoms with Crippen LogP contribution in [-0.4, -0.2) is 19.9 Å². The molecule has 1 aromatic carbocycles. The molecule has 6 heteroatoms. The highest BCUT2D eigenvalue weighted by atomic mass is 79.9. The summed E-state index contributed by atoms with van der Waals surface area (Å²) < 4.78 is 8.31. The minimum atomic E-state index is -0.218. The molecule has 0 bridgehead atoms. The topological polar surface area (TPSA) is 56.7 Å². The average molecular weight is 373 g/mol. The molecule has 0 aliphatic heterocycles. The quantitative estimate of drug-likeness (QED) is 0.695. The van der Waals surface area contributed by atoms with Gasteiger partial charge in [-0.2, -0.15) is 10.1 Å². The van der Waals surface area contributed by atoms with E-state index in [0.717, 1.165) is 15.9 Å². The second kappa shape index (κ2) is 5.30. The number of aryl methyl sites for hydroxylation is 1. The van der Waals surface area contributed by atoms with Crippen molar-refractivity contribution in [3.8, 4) is 11.5 Å². The Morgan fingerprint density at radius 3 is 2.61 bits per heavy atom. The van der Waals surface area contributed by atoms with Crippen LogP contribution in [0, 0.1) is 5.92 Å². The largest absolute Gasteiger partial charge is 0.334 e. The van der Waals surface area contributed by atoms with Crippen molar-refractivity contribution in [2.75, 3.05) is 0 Å². The van der Waals surface area contributed by atoms with Gasteiger partial charge in [0, 0.05) is 17.7 Å². The van der Waals surface area contributed by atoms with Gasteiger partial charge in [0.15, 0.2) is 5.82 Å². The molecule has 1 unspecified atom stereocenters. The van der Waals surface area contributed by atoms with Gasteiger partial charge in [0.25, 0.3) is 5.89 Å². The van der Waals surface area contributed by atoms with Gasteiger partial charge in [-0.3, -0.25) is 4.68 Å². The van der Waals surface area contributed by atoms with Crippen LogP contribution in [-0.2, 0) is 12.5 Å². The molecule has 1 atom stereocenters. The van der Waals surface area contributed by atoms with Gasteiger partial charge in [-0.1, -0.05) is 33.2 Å². The molecule has 0 radical (unpaired) electrons. The molecule has 0 spiro atoms. The van der Waals surface area contributed by atoms with E-state index in [2.05, 4.69) is 62.4 Å². The Kier molecular flexibility index (Phi) is 3.37. The first-order chi connectivity index (χ1) is 11.1. The molecule has 1 fully saturated rings. The molecule has 1 aliphatic carbocycles. The zero-order valence-corrected chi connectivity index (χ0v) is 14.6. The minimum absolute atomic E-state index is 0.218. The molecular formula is C17H17BrN4O. The normalized spacial score (nSPS) is 17.2. The van der Waals surface area contributed by atoms with Crippen molar-refractivity contribution in [3.05, 3.63) is 52.5 Å². The summed E-state index contributed by atoms with van der Waals surface area (Å²) in [5.41, 5.74) is 1.85. The van der Waals surface area contributed by atoms with E-state index in [0.29, 0.717) is 11.8 Å². The van der Waals surface area contributed by atoms with Crippen LogP contribution in [0.25, 0.3) is 11.5 Å². The smallest absolute Gasteiger partial charge is 0.261 e. The molecule has 0 saturated heterocycles. The number of hydrogen-bond acceptors (Lipinski definition) is 4. The van der Waals surface area contributed by atoms with E-state index in [-0.39, 0.29) is 5.41 Å². The SMILES string of the molecule is Cn1cc(-c2nc(C(C)(c3ccc(Br)cc3)C3CC3)no2)cn1. The van der Waals surface area contributed by atoms with Crippen molar-refractivity contribution in [2.45, 2.75) is 25.2 Å². The lowest BCUT2D eigenvalue weighted by Crippen LogP contribution is -2.27. The third-order valence-electron chi connectivity index (χ3n) is 4.68. The second-order valence-corrected chi connectivity index (χ2v) is 7.23. The summed E-state index contributed by atoms with van der Waals surface area (Å²) in [6, 6.07) is 8.42. The maximum atomic E-state index is 5.51. The van der Waals surface area contributed by atoms with Gasteiger partial charge < -0.3 is 4.52 Å². The number of aromatic nitrogens is 4. The Labute approximate surface area is 142 Å². The third kappa shape index (κ3) is 2.51. The minimum Gasteiger partial charge on any atom is -0.334 e. The van der Waals surface area contributed by atoms with Crippen molar-refractivity contribution in [1.82, 2.24) is 19.9 Å². The summed E-state index contributed by atoms with van der Waals surface area (Å²) in [7, 11) is 1.87. The van der Waals surface area contributed by atoms with Crippen LogP contribution < -0.4 is 0 Å². The van der Waals surface area contributed by atoms with Gasteiger partial charge in [0.2, 0.25) is 0 Å². The highest BCUT2D eigenvalue weighted by Crippen LogP contribution is 2.50. The summed E-state index contributed by atoms with van der Waals surface area (Å²) in [6.45, 7) is 2.21. The van der Waals surface area contributed by atoms with Gasteiger partial charge >= 0.3 is 0 Å². The lowest BCUT2D eigenvalue weighted by Gasteiger charge is -2.26. The van der Waals surface area contributed by atoms with Gasteiger partial charge in [-0.25, -0.2) is 0 Å². The third-order valence-corrected chi connectivity index (χ3v) is 5.21. The Morgan fingerprint density at radius 2 is 2.00 bits per heavy atom. The van der Waals surface area contributed by atoms with Crippen molar-refractivity contribution in [2.24, 2.45) is 13.0 Å². The number of halogens is 1. The summed E-state index contributed by atoms with van der Waals surface area (Å²) in [5.74, 6) is 1.83. The second-order valence-electron chi connectivity index (χ2n) is 6.31. The number of rotatable bonds is 4. The van der Waals surface area contributed by atoms with Crippen molar-refractivity contribution in [1.29, 1.82) is 0 Å². The molecule has 5 nitrogen and oxygen atoms in total. The Morgan fingerprint density at radius 1 is 1.26 bits per heavy atom. The monoisotopic (exact) mass is 372 g/mol. The molecule has 23 heavy (non-hydrogen) atoms. The van der Waals surface area contributed by atoms with Crippen molar-refractivity contribution in [3.63, 3.8) is 0 Å². The molecule has 1 aliphatic rings. The van der Waals surface area contributed by atoms with Gasteiger partial charge in [0.05, 0.1) is 17.2 Å². The highest BCUT2D eigenvalue weighted by molar-refractivity contribution is 9.10. The Hall–Kier alpha value is -1.95. The number of hydrogen-bond donors (Lipinski definition) is 0. The zero-order valence-electron chi connectivity index (χ0n) is 13.0. The van der Waals surface area contributed by atoms with Crippen molar-refractivity contribution < 1.29 is 4.52 Å². The fraction of sp³-hybridized carbons (Fsp3) is 0.353. The molecule has 0 amide bonds. The van der Waals surface area contributed by atoms with E-state index >= 15 is 0 Å². The molecule has 0 N–H and O–H groups in total. The molecule has 2 heterocycles. The van der Waals surface area contributed by atoms with E-state index in [4.69, 9.17) is 4.52 Å². The highest BCUT2D eigenvalue weighted by Gasteiger charge is 2.47. The fourth-order valence-corrected chi connectivity index (χ4v) is 3.35. The first-order valence-electron chi connectivity index (χ1n) is 7.66. The molecule has 3 aromatic rings. The molecule has 118 valence electrons. The van der Waals surface area contributed by atoms with Crippen LogP contribution in [0.1, 0.15) is 31.2 Å². The summed E-state index contributed by atoms with van der Waals surface area (Å²) in [4.78, 5) is 4.68. The lowest BCUT2D eigenvalue weighted by molar-refractivity contribution is 0.386. The predicted molar refractivity (Wildman–Crippen MR) is 89.8 cm³/mol. The fourth-order valence-electron chi connectivity index (χ4n) is 3.09. The van der Waals surface area contributed by atoms with E-state index in [1.807, 2.05) is 13.2 Å². The summed E-state index contributed by atoms with van der Waals surface area (Å²) in [5, 5.41) is 8.46.